The summed E-state index contributed by atoms with van der Waals surface area (Å²) >= 11 is 0.312. The van der Waals surface area contributed by atoms with E-state index in [4.69, 9.17) is 10.2 Å². The average Bonchev–Trinajstić information content (AvgIpc) is 1.55. The van der Waals surface area contributed by atoms with Crippen molar-refractivity contribution >= 4 is 155 Å². The molecule has 3 unspecified atom stereocenters. The number of nitrogens with zero attached hydrogens (tertiary/aromatic N) is 12. The summed E-state index contributed by atoms with van der Waals surface area (Å²) < 4.78 is 21.7. The minimum atomic E-state index is -0.0168. The van der Waals surface area contributed by atoms with Crippen molar-refractivity contribution in [3.05, 3.63) is 567 Å². The summed E-state index contributed by atoms with van der Waals surface area (Å²) in [5, 5.41) is 34.1. The van der Waals surface area contributed by atoms with Crippen LogP contribution in [0.1, 0.15) is 62.6 Å². The summed E-state index contributed by atoms with van der Waals surface area (Å²) in [5.74, 6) is 2.78. The predicted octanol–water partition coefficient (Wildman–Crippen LogP) is 32.3. The standard InChI is InChI=1S/C38H25N3.C35H24N4.C32H21N2Se.C31H21N3/c1-2-10-27(11-3-1)41-37-17-9-6-14-31(37)32-22-23-34-33(38(32)41)24-25-39(34)26-18-20-28(21-19-26)40-35-15-7-4-12-29(35)30-13-5-8-16-36(30)40;1-4-12-24(13-5-1)34-36-37-35(39(34)26-16-8-3-9-17-26)31-23-22-29-27(31)20-21-30-28-18-10-11-19-32(28)38(33(29)30)25-14-6-2-7-15-25;1-2-9-21(10-3-1)34-29-14-6-4-11-22(29)25-17-16-23-26(31(25)34)18-19-28(23)33-20-8-13-27-24-12-5-7-15-30(24)35-32(27)33;1-3-9-21(10-4-1)27-16-18-29(33-32-27)34-20-19-26-28(34)17-15-25-23-13-7-8-14-24(23)30(31(25)26)22-11-5-2-6-12-22/h1-25H;1-23,31H;1-20,28H;1-20,30H/q;;+1;. The number of hydrogen-bond acceptors (Lipinski definition) is 4. The number of rotatable bonds is 12. The van der Waals surface area contributed by atoms with Crippen LogP contribution < -0.4 is 4.57 Å². The second-order valence-corrected chi connectivity index (χ2v) is 40.6. The number of allylic oxidation sites excluding steroid dienone is 2. The Bertz CT molecular complexity index is 10300. The second-order valence-electron chi connectivity index (χ2n) is 38.5. The Hall–Kier alpha value is -19.2. The molecule has 0 N–H and O–H groups in total. The third-order valence-electron chi connectivity index (χ3n) is 30.4. The van der Waals surface area contributed by atoms with Crippen molar-refractivity contribution in [2.45, 2.75) is 17.9 Å². The van der Waals surface area contributed by atoms with E-state index < -0.39 is 0 Å². The van der Waals surface area contributed by atoms with Gasteiger partial charge in [-0.15, -0.1) is 20.4 Å². The Kier molecular flexibility index (Phi) is 20.9. The van der Waals surface area contributed by atoms with E-state index in [2.05, 4.69) is 526 Å². The molecule has 10 heterocycles. The fourth-order valence-corrected chi connectivity index (χ4v) is 26.4. The van der Waals surface area contributed by atoms with Gasteiger partial charge in [0.15, 0.2) is 11.6 Å². The molecule has 12 nitrogen and oxygen atoms in total. The van der Waals surface area contributed by atoms with Gasteiger partial charge in [0, 0.05) is 107 Å². The van der Waals surface area contributed by atoms with Gasteiger partial charge in [0.2, 0.25) is 0 Å². The molecule has 0 saturated heterocycles. The summed E-state index contributed by atoms with van der Waals surface area (Å²) in [7, 11) is 0. The molecule has 3 aliphatic carbocycles. The van der Waals surface area contributed by atoms with Crippen LogP contribution in [0.4, 0.5) is 0 Å². The molecule has 32 rings (SSSR count). The zero-order valence-corrected chi connectivity index (χ0v) is 82.5. The summed E-state index contributed by atoms with van der Waals surface area (Å²) in [5.41, 5.74) is 34.1. The molecule has 0 bridgehead atoms. The molecule has 0 aliphatic heterocycles. The first-order chi connectivity index (χ1) is 74.0. The van der Waals surface area contributed by atoms with Gasteiger partial charge in [0.05, 0.1) is 55.7 Å². The van der Waals surface area contributed by atoms with Gasteiger partial charge in [-0.05, 0) is 155 Å². The number of aromatic nitrogens is 12. The van der Waals surface area contributed by atoms with E-state index in [1.54, 1.807) is 0 Å². The van der Waals surface area contributed by atoms with Crippen LogP contribution in [0.5, 0.6) is 0 Å². The molecule has 19 aromatic carbocycles. The first-order valence-corrected chi connectivity index (χ1v) is 52.6. The molecule has 700 valence electrons. The van der Waals surface area contributed by atoms with Crippen molar-refractivity contribution in [1.82, 2.24) is 52.4 Å². The first kappa shape index (κ1) is 86.5. The molecule has 13 heteroatoms. The first-order valence-electron chi connectivity index (χ1n) is 50.8. The molecular weight excluding hydrogens is 1880 g/mol. The van der Waals surface area contributed by atoms with Gasteiger partial charge in [0.25, 0.3) is 0 Å². The Labute approximate surface area is 864 Å². The maximum atomic E-state index is 4.81. The van der Waals surface area contributed by atoms with E-state index in [1.807, 2.05) is 54.6 Å². The summed E-state index contributed by atoms with van der Waals surface area (Å²) in [6, 6.07) is 175. The van der Waals surface area contributed by atoms with Gasteiger partial charge in [-0.3, -0.25) is 9.13 Å². The second kappa shape index (κ2) is 36.0. The minimum absolute atomic E-state index is 0.0168. The van der Waals surface area contributed by atoms with Crippen molar-refractivity contribution in [3.63, 3.8) is 0 Å². The molecule has 3 atom stereocenters. The van der Waals surface area contributed by atoms with Crippen LogP contribution in [-0.2, 0) is 0 Å². The molecule has 0 spiro atoms. The van der Waals surface area contributed by atoms with Crippen molar-refractivity contribution < 1.29 is 4.57 Å². The van der Waals surface area contributed by atoms with Crippen molar-refractivity contribution in [3.8, 4) is 73.7 Å². The Morgan fingerprint density at radius 3 is 1.29 bits per heavy atom. The van der Waals surface area contributed by atoms with Gasteiger partial charge in [-0.1, -0.05) is 279 Å². The third kappa shape index (κ3) is 14.3. The van der Waals surface area contributed by atoms with E-state index in [1.165, 1.54) is 184 Å². The molecule has 0 fully saturated rings. The van der Waals surface area contributed by atoms with Gasteiger partial charge >= 0.3 is 209 Å². The van der Waals surface area contributed by atoms with Gasteiger partial charge in [-0.2, -0.15) is 0 Å². The molecule has 0 saturated carbocycles. The molecule has 10 aromatic heterocycles. The Morgan fingerprint density at radius 1 is 0.248 bits per heavy atom. The van der Waals surface area contributed by atoms with E-state index in [0.29, 0.717) is 14.5 Å². The normalized spacial score (nSPS) is 13.8. The van der Waals surface area contributed by atoms with Crippen molar-refractivity contribution in [2.75, 3.05) is 0 Å². The Morgan fingerprint density at radius 2 is 0.691 bits per heavy atom. The molecule has 29 aromatic rings. The fourth-order valence-electron chi connectivity index (χ4n) is 23.9. The molecule has 149 heavy (non-hydrogen) atoms. The number of para-hydroxylation sites is 9. The Balaban J connectivity index is 0.0000000937. The molecule has 3 aliphatic rings. The van der Waals surface area contributed by atoms with E-state index in [-0.39, 0.29) is 17.9 Å². The van der Waals surface area contributed by atoms with E-state index >= 15 is 0 Å². The molecule has 0 amide bonds. The quantitative estimate of drug-likeness (QED) is 0.0900. The number of pyridine rings is 1. The minimum Gasteiger partial charge on any atom is -0.316 e. The zero-order chi connectivity index (χ0) is 98.1. The smallest absolute Gasteiger partial charge is 0.168 e. The zero-order valence-electron chi connectivity index (χ0n) is 80.8. The number of fused-ring (bicyclic) bond motifs is 26. The van der Waals surface area contributed by atoms with E-state index in [9.17, 15) is 0 Å². The summed E-state index contributed by atoms with van der Waals surface area (Å²) in [6.07, 6.45) is 15.9. The molecule has 0 radical (unpaired) electrons. The van der Waals surface area contributed by atoms with Crippen LogP contribution in [0.25, 0.3) is 214 Å². The van der Waals surface area contributed by atoms with Gasteiger partial charge in [-0.25, -0.2) is 0 Å². The predicted molar refractivity (Wildman–Crippen MR) is 614 cm³/mol. The fraction of sp³-hybridized carbons (Fsp3) is 0.0221. The van der Waals surface area contributed by atoms with Crippen molar-refractivity contribution in [1.29, 1.82) is 0 Å². The maximum absolute atomic E-state index is 4.81. The van der Waals surface area contributed by atoms with Gasteiger partial charge in [0.1, 0.15) is 5.82 Å². The SMILES string of the molecule is C1=CC([n+]2cccc3c4ccccc4[se]c32)c2ccc3c4ccccc4n(-c4ccccc4)c3c21.C1=CC(c2nnc(-c3ccccc3)n2-c2ccccc2)c2ccc3c4ccccc4n(-c4ccccc4)c3c21.c1ccc(-c2ccc(-n3ccc4c5c(ccc43)-c3ccccc3C5c3ccccc3)nn2)cc1.c1ccc(-n2c3ccccc3c3ccc4c(ccn4-c4ccc(-n5c6ccccc6c6ccccc65)cc4)c32)cc1. The van der Waals surface area contributed by atoms with Crippen molar-refractivity contribution in [2.24, 2.45) is 0 Å². The van der Waals surface area contributed by atoms with Gasteiger partial charge < -0.3 is 18.3 Å². The van der Waals surface area contributed by atoms with Crippen LogP contribution >= 0.6 is 0 Å². The number of benzene rings is 19. The van der Waals surface area contributed by atoms with E-state index in [0.717, 1.165) is 62.6 Å². The van der Waals surface area contributed by atoms with Crippen LogP contribution in [0.15, 0.2) is 522 Å². The average molecular weight is 1970 g/mol. The third-order valence-corrected chi connectivity index (χ3v) is 32.9. The maximum Gasteiger partial charge on any atom is 0.168 e. The monoisotopic (exact) mass is 1970 g/mol. The topological polar surface area (TPSA) is 90.0 Å². The molecular formula is C136H91N12Se+. The van der Waals surface area contributed by atoms with Crippen LogP contribution in [0, 0.1) is 0 Å². The number of hydrogen-bond donors (Lipinski definition) is 0. The largest absolute Gasteiger partial charge is 0.316 e. The summed E-state index contributed by atoms with van der Waals surface area (Å²) in [6.45, 7) is 0. The summed E-state index contributed by atoms with van der Waals surface area (Å²) in [4.78, 5) is 0. The van der Waals surface area contributed by atoms with Crippen LogP contribution in [-0.4, -0.2) is 66.9 Å². The van der Waals surface area contributed by atoms with Crippen LogP contribution in [0.2, 0.25) is 0 Å². The van der Waals surface area contributed by atoms with Crippen LogP contribution in [0.3, 0.4) is 0 Å².